The van der Waals surface area contributed by atoms with Gasteiger partial charge in [0.2, 0.25) is 0 Å². The number of carbonyl (C=O) groups is 1. The molecule has 1 aromatic heterocycles. The van der Waals surface area contributed by atoms with Gasteiger partial charge in [-0.1, -0.05) is 12.1 Å². The molecule has 1 aliphatic heterocycles. The molecule has 2 heterocycles. The molecule has 0 N–H and O–H groups in total. The lowest BCUT2D eigenvalue weighted by molar-refractivity contribution is 0.00949. The second kappa shape index (κ2) is 7.46. The molecule has 0 unspecified atom stereocenters. The largest absolute Gasteiger partial charge is 0.444 e. The third-order valence-corrected chi connectivity index (χ3v) is 5.19. The van der Waals surface area contributed by atoms with Crippen LogP contribution in [0.5, 0.6) is 0 Å². The summed E-state index contributed by atoms with van der Waals surface area (Å²) >= 11 is 1.57. The maximum Gasteiger partial charge on any atom is 0.410 e. The van der Waals surface area contributed by atoms with Crippen LogP contribution in [-0.2, 0) is 4.74 Å². The zero-order valence-corrected chi connectivity index (χ0v) is 16.2. The third-order valence-electron chi connectivity index (χ3n) is 4.25. The van der Waals surface area contributed by atoms with Gasteiger partial charge < -0.3 is 4.74 Å². The Morgan fingerprint density at radius 3 is 2.69 bits per heavy atom. The summed E-state index contributed by atoms with van der Waals surface area (Å²) in [6, 6.07) is 9.49. The number of amides is 1. The lowest BCUT2D eigenvalue weighted by Gasteiger charge is -2.35. The summed E-state index contributed by atoms with van der Waals surface area (Å²) in [5, 5.41) is 11.9. The van der Waals surface area contributed by atoms with Crippen LogP contribution in [0.3, 0.4) is 0 Å². The second-order valence-corrected chi connectivity index (χ2v) is 8.34. The molecular weight excluding hydrogens is 346 g/mol. The molecule has 5 nitrogen and oxygen atoms in total. The highest BCUT2D eigenvalue weighted by molar-refractivity contribution is 7.10. The molecule has 0 radical (unpaired) electrons. The molecule has 26 heavy (non-hydrogen) atoms. The molecule has 1 aliphatic rings. The lowest BCUT2D eigenvalue weighted by atomic mass is 10.0. The van der Waals surface area contributed by atoms with Gasteiger partial charge >= 0.3 is 6.09 Å². The number of ether oxygens (including phenoxy) is 1. The summed E-state index contributed by atoms with van der Waals surface area (Å²) < 4.78 is 5.58. The number of piperidine rings is 1. The highest BCUT2D eigenvalue weighted by Gasteiger charge is 2.33. The van der Waals surface area contributed by atoms with E-state index in [4.69, 9.17) is 15.0 Å². The number of hydrogen-bond acceptors (Lipinski definition) is 5. The molecule has 1 saturated heterocycles. The zero-order valence-electron chi connectivity index (χ0n) is 15.4. The van der Waals surface area contributed by atoms with Crippen molar-refractivity contribution in [3.63, 3.8) is 0 Å². The number of rotatable bonds is 2. The molecule has 0 saturated carbocycles. The van der Waals surface area contributed by atoms with E-state index in [1.807, 2.05) is 43.2 Å². The van der Waals surface area contributed by atoms with Crippen molar-refractivity contribution >= 4 is 17.4 Å². The fourth-order valence-electron chi connectivity index (χ4n) is 3.02. The molecule has 6 heteroatoms. The average molecular weight is 369 g/mol. The first-order valence-electron chi connectivity index (χ1n) is 8.83. The van der Waals surface area contributed by atoms with E-state index in [1.54, 1.807) is 23.5 Å². The predicted molar refractivity (Wildman–Crippen MR) is 102 cm³/mol. The van der Waals surface area contributed by atoms with Crippen LogP contribution in [0.15, 0.2) is 29.6 Å². The quantitative estimate of drug-likeness (QED) is 0.735. The number of thiazole rings is 1. The molecule has 3 rings (SSSR count). The standard InChI is InChI=1S/C20H23N3O2S/c1-20(2,3)25-19(24)23-11-5-4-6-17(23)18-22-16(13-26-18)15-9-7-14(12-21)8-10-15/h7-10,13,17H,4-6,11H2,1-3H3/t17-/m1/s1. The number of nitrogens with zero attached hydrogens (tertiary/aromatic N) is 3. The molecule has 0 bridgehead atoms. The van der Waals surface area contributed by atoms with Gasteiger partial charge in [-0.05, 0) is 52.2 Å². The molecule has 1 aromatic carbocycles. The maximum atomic E-state index is 12.6. The average Bonchev–Trinajstić information content (AvgIpc) is 3.10. The topological polar surface area (TPSA) is 66.2 Å². The number of carbonyl (C=O) groups excluding carboxylic acids is 1. The van der Waals surface area contributed by atoms with E-state index in [0.29, 0.717) is 12.1 Å². The van der Waals surface area contributed by atoms with E-state index in [9.17, 15) is 4.79 Å². The van der Waals surface area contributed by atoms with Gasteiger partial charge in [0.15, 0.2) is 0 Å². The van der Waals surface area contributed by atoms with Crippen LogP contribution >= 0.6 is 11.3 Å². The molecular formula is C20H23N3O2S. The van der Waals surface area contributed by atoms with Crippen LogP contribution < -0.4 is 0 Å². The fourth-order valence-corrected chi connectivity index (χ4v) is 3.99. The van der Waals surface area contributed by atoms with E-state index >= 15 is 0 Å². The molecule has 0 aliphatic carbocycles. The van der Waals surface area contributed by atoms with Gasteiger partial charge in [0.1, 0.15) is 10.6 Å². The Balaban J connectivity index is 1.81. The predicted octanol–water partition coefficient (Wildman–Crippen LogP) is 5.14. The van der Waals surface area contributed by atoms with E-state index < -0.39 is 5.60 Å². The number of likely N-dealkylation sites (tertiary alicyclic amines) is 1. The second-order valence-electron chi connectivity index (χ2n) is 7.45. The van der Waals surface area contributed by atoms with E-state index in [2.05, 4.69) is 6.07 Å². The summed E-state index contributed by atoms with van der Waals surface area (Å²) in [5.41, 5.74) is 1.98. The Morgan fingerprint density at radius 1 is 1.31 bits per heavy atom. The van der Waals surface area contributed by atoms with Crippen molar-refractivity contribution in [2.24, 2.45) is 0 Å². The van der Waals surface area contributed by atoms with Crippen molar-refractivity contribution < 1.29 is 9.53 Å². The first-order valence-corrected chi connectivity index (χ1v) is 9.71. The monoisotopic (exact) mass is 369 g/mol. The van der Waals surface area contributed by atoms with Crippen molar-refractivity contribution in [3.05, 3.63) is 40.2 Å². The minimum Gasteiger partial charge on any atom is -0.444 e. The number of aromatic nitrogens is 1. The number of benzene rings is 1. The van der Waals surface area contributed by atoms with Crippen molar-refractivity contribution in [2.45, 2.75) is 51.7 Å². The van der Waals surface area contributed by atoms with E-state index in [-0.39, 0.29) is 12.1 Å². The Bertz CT molecular complexity index is 815. The van der Waals surface area contributed by atoms with Gasteiger partial charge in [0, 0.05) is 17.5 Å². The number of nitriles is 1. The third kappa shape index (κ3) is 4.23. The molecule has 2 aromatic rings. The fraction of sp³-hybridized carbons (Fsp3) is 0.450. The molecule has 1 fully saturated rings. The van der Waals surface area contributed by atoms with Crippen LogP contribution in [0.25, 0.3) is 11.3 Å². The van der Waals surface area contributed by atoms with Crippen molar-refractivity contribution in [1.82, 2.24) is 9.88 Å². The SMILES string of the molecule is CC(C)(C)OC(=O)N1CCCC[C@@H]1c1nc(-c2ccc(C#N)cc2)cs1. The van der Waals surface area contributed by atoms with Gasteiger partial charge in [-0.3, -0.25) is 4.90 Å². The minimum absolute atomic E-state index is 0.0317. The van der Waals surface area contributed by atoms with Gasteiger partial charge in [-0.15, -0.1) is 11.3 Å². The van der Waals surface area contributed by atoms with Crippen molar-refractivity contribution in [2.75, 3.05) is 6.54 Å². The first-order chi connectivity index (χ1) is 12.4. The van der Waals surface area contributed by atoms with E-state index in [0.717, 1.165) is 35.5 Å². The smallest absolute Gasteiger partial charge is 0.410 e. The lowest BCUT2D eigenvalue weighted by Crippen LogP contribution is -2.41. The minimum atomic E-state index is -0.504. The van der Waals surface area contributed by atoms with Crippen molar-refractivity contribution in [1.29, 1.82) is 5.26 Å². The summed E-state index contributed by atoms with van der Waals surface area (Å²) in [7, 11) is 0. The summed E-state index contributed by atoms with van der Waals surface area (Å²) in [6.07, 6.45) is 2.70. The highest BCUT2D eigenvalue weighted by Crippen LogP contribution is 2.35. The van der Waals surface area contributed by atoms with Crippen LogP contribution in [0.4, 0.5) is 4.79 Å². The molecule has 1 atom stereocenters. The van der Waals surface area contributed by atoms with Gasteiger partial charge in [-0.25, -0.2) is 9.78 Å². The van der Waals surface area contributed by atoms with Gasteiger partial charge in [0.25, 0.3) is 0 Å². The van der Waals surface area contributed by atoms with Gasteiger partial charge in [-0.2, -0.15) is 5.26 Å². The summed E-state index contributed by atoms with van der Waals surface area (Å²) in [6.45, 7) is 6.36. The Kier molecular flexibility index (Phi) is 5.28. The van der Waals surface area contributed by atoms with E-state index in [1.165, 1.54) is 0 Å². The molecule has 0 spiro atoms. The van der Waals surface area contributed by atoms with Gasteiger partial charge in [0.05, 0.1) is 23.4 Å². The Morgan fingerprint density at radius 2 is 2.04 bits per heavy atom. The zero-order chi connectivity index (χ0) is 18.7. The van der Waals surface area contributed by atoms with Crippen molar-refractivity contribution in [3.8, 4) is 17.3 Å². The highest BCUT2D eigenvalue weighted by atomic mass is 32.1. The van der Waals surface area contributed by atoms with Crippen LogP contribution in [-0.4, -0.2) is 28.1 Å². The summed E-state index contributed by atoms with van der Waals surface area (Å²) in [4.78, 5) is 19.2. The van der Waals surface area contributed by atoms with Crippen LogP contribution in [0.2, 0.25) is 0 Å². The maximum absolute atomic E-state index is 12.6. The Labute approximate surface area is 158 Å². The molecule has 1 amide bonds. The number of hydrogen-bond donors (Lipinski definition) is 0. The van der Waals surface area contributed by atoms with Crippen LogP contribution in [0.1, 0.15) is 56.6 Å². The first kappa shape index (κ1) is 18.4. The van der Waals surface area contributed by atoms with Crippen LogP contribution in [0, 0.1) is 11.3 Å². The molecule has 136 valence electrons. The summed E-state index contributed by atoms with van der Waals surface area (Å²) in [5.74, 6) is 0. The normalized spacial score (nSPS) is 17.6. The Hall–Kier alpha value is -2.39.